The normalized spacial score (nSPS) is 9.38. The largest absolute Gasteiger partial charge is 0.497 e. The van der Waals surface area contributed by atoms with Crippen molar-refractivity contribution in [2.75, 3.05) is 7.11 Å². The van der Waals surface area contributed by atoms with Crippen molar-refractivity contribution in [3.8, 4) is 5.75 Å². The van der Waals surface area contributed by atoms with E-state index in [1.807, 2.05) is 6.07 Å². The minimum absolute atomic E-state index is 0.0644. The average Bonchev–Trinajstić information content (AvgIpc) is 2.19. The average molecular weight is 253 g/mol. The number of hydrogen-bond donors (Lipinski definition) is 0. The first-order valence-corrected chi connectivity index (χ1v) is 9.45. The summed E-state index contributed by atoms with van der Waals surface area (Å²) < 4.78 is 6.53. The molecule has 0 aromatic heterocycles. The van der Waals surface area contributed by atoms with Crippen LogP contribution in [0.5, 0.6) is 5.75 Å². The maximum absolute atomic E-state index is 5.16. The van der Waals surface area contributed by atoms with E-state index in [1.54, 1.807) is 7.11 Å². The lowest BCUT2D eigenvalue weighted by atomic mass is 10.1. The van der Waals surface area contributed by atoms with Crippen molar-refractivity contribution < 1.29 is 4.74 Å². The summed E-state index contributed by atoms with van der Waals surface area (Å²) in [7, 11) is 1.71. The Morgan fingerprint density at radius 3 is 3.00 bits per heavy atom. The van der Waals surface area contributed by atoms with E-state index in [0.717, 1.165) is 5.75 Å². The highest BCUT2D eigenvalue weighted by molar-refractivity contribution is 9.23. The van der Waals surface area contributed by atoms with E-state index in [2.05, 4.69) is 31.1 Å². The number of hydrogen-bond acceptors (Lipinski definition) is 1. The molecule has 0 aliphatic rings. The number of halogens is 1. The summed E-state index contributed by atoms with van der Waals surface area (Å²) in [5.41, 5.74) is 1.38. The summed E-state index contributed by atoms with van der Waals surface area (Å²) in [5, 5.41) is 0. The van der Waals surface area contributed by atoms with Crippen LogP contribution in [0.3, 0.4) is 0 Å². The third-order valence-electron chi connectivity index (χ3n) is 1.98. The van der Waals surface area contributed by atoms with Gasteiger partial charge in [-0.25, -0.2) is 0 Å². The molecule has 3 heteroatoms. The van der Waals surface area contributed by atoms with Crippen LogP contribution in [-0.2, 0) is 6.42 Å². The quantitative estimate of drug-likeness (QED) is 0.579. The van der Waals surface area contributed by atoms with Crippen LogP contribution in [0.15, 0.2) is 24.3 Å². The highest BCUT2D eigenvalue weighted by atomic mass is 79.9. The van der Waals surface area contributed by atoms with Crippen molar-refractivity contribution in [3.05, 3.63) is 29.8 Å². The van der Waals surface area contributed by atoms with E-state index < -0.39 is 0 Å². The molecule has 0 aliphatic heterocycles. The van der Waals surface area contributed by atoms with Crippen molar-refractivity contribution in [1.82, 2.24) is 0 Å². The Bertz CT molecular complexity index is 252. The molecule has 0 fully saturated rings. The Labute approximate surface area is 95.5 Å². The monoisotopic (exact) mass is 252 g/mol. The Morgan fingerprint density at radius 1 is 1.46 bits per heavy atom. The predicted molar refractivity (Wildman–Crippen MR) is 60.8 cm³/mol. The molecule has 1 rings (SSSR count). The minimum Gasteiger partial charge on any atom is -0.497 e. The van der Waals surface area contributed by atoms with Crippen LogP contribution in [0.1, 0.15) is 12.0 Å². The predicted octanol–water partition coefficient (Wildman–Crippen LogP) is 3.06. The van der Waals surface area contributed by atoms with Crippen LogP contribution >= 0.6 is 12.9 Å². The van der Waals surface area contributed by atoms with Crippen LogP contribution in [0, 0.1) is 0 Å². The second-order valence-corrected chi connectivity index (χ2v) is 6.46. The Kier molecular flexibility index (Phi) is 5.83. The van der Waals surface area contributed by atoms with Crippen LogP contribution in [0.2, 0.25) is 4.55 Å². The zero-order valence-electron chi connectivity index (χ0n) is 7.92. The van der Waals surface area contributed by atoms with Crippen molar-refractivity contribution in [1.29, 1.82) is 0 Å². The van der Waals surface area contributed by atoms with Crippen molar-refractivity contribution in [2.45, 2.75) is 17.4 Å². The van der Waals surface area contributed by atoms with Crippen molar-refractivity contribution in [2.24, 2.45) is 0 Å². The molecule has 0 spiro atoms. The maximum atomic E-state index is 5.16. The molecule has 68 valence electrons. The van der Waals surface area contributed by atoms with Gasteiger partial charge in [0.1, 0.15) is 5.75 Å². The molecular formula is C10H13BrMgO. The van der Waals surface area contributed by atoms with Crippen LogP contribution in [0.4, 0.5) is 0 Å². The lowest BCUT2D eigenvalue weighted by molar-refractivity contribution is 0.414. The molecule has 0 saturated carbocycles. The Morgan fingerprint density at radius 2 is 2.31 bits per heavy atom. The van der Waals surface area contributed by atoms with Gasteiger partial charge < -0.3 is 17.6 Å². The summed E-state index contributed by atoms with van der Waals surface area (Å²) >= 11 is 3.63. The lowest BCUT2D eigenvalue weighted by Gasteiger charge is -2.03. The first-order chi connectivity index (χ1) is 6.36. The van der Waals surface area contributed by atoms with Gasteiger partial charge in [0.15, 0.2) is 0 Å². The number of methoxy groups -OCH3 is 1. The van der Waals surface area contributed by atoms with E-state index in [4.69, 9.17) is 4.74 Å². The smallest absolute Gasteiger partial charge is 0.468 e. The van der Waals surface area contributed by atoms with E-state index in [0.29, 0.717) is 0 Å². The lowest BCUT2D eigenvalue weighted by Crippen LogP contribution is -1.88. The molecule has 1 aromatic rings. The minimum atomic E-state index is 0.0644. The second-order valence-electron chi connectivity index (χ2n) is 3.00. The molecule has 0 bridgehead atoms. The fourth-order valence-electron chi connectivity index (χ4n) is 1.25. The number of rotatable bonds is 5. The van der Waals surface area contributed by atoms with Gasteiger partial charge in [0.05, 0.1) is 7.11 Å². The highest BCUT2D eigenvalue weighted by Crippen LogP contribution is 2.14. The third-order valence-corrected chi connectivity index (χ3v) is 4.43. The fraction of sp³-hybridized carbons (Fsp3) is 0.400. The van der Waals surface area contributed by atoms with Gasteiger partial charge in [-0.3, -0.25) is 0 Å². The number of aryl methyl sites for hydroxylation is 1. The highest BCUT2D eigenvalue weighted by Gasteiger charge is 1.96. The molecule has 0 atom stereocenters. The number of ether oxygens (including phenoxy) is 1. The van der Waals surface area contributed by atoms with Crippen LogP contribution in [-0.4, -0.2) is 25.3 Å². The van der Waals surface area contributed by atoms with E-state index in [-0.39, 0.29) is 18.2 Å². The Hall–Kier alpha value is 0.266. The zero-order chi connectivity index (χ0) is 9.52. The van der Waals surface area contributed by atoms with E-state index in [9.17, 15) is 0 Å². The van der Waals surface area contributed by atoms with Crippen LogP contribution in [0.25, 0.3) is 0 Å². The maximum Gasteiger partial charge on any atom is 0.468 e. The van der Waals surface area contributed by atoms with Crippen LogP contribution < -0.4 is 4.74 Å². The van der Waals surface area contributed by atoms with Gasteiger partial charge in [-0.2, -0.15) is 0 Å². The van der Waals surface area contributed by atoms with E-state index >= 15 is 0 Å². The topological polar surface area (TPSA) is 9.23 Å². The summed E-state index contributed by atoms with van der Waals surface area (Å²) in [4.78, 5) is 0. The molecule has 0 heterocycles. The van der Waals surface area contributed by atoms with Gasteiger partial charge in [0, 0.05) is 0 Å². The first kappa shape index (κ1) is 11.3. The Balaban J connectivity index is 2.46. The molecule has 0 unspecified atom stereocenters. The van der Waals surface area contributed by atoms with Gasteiger partial charge in [0.25, 0.3) is 0 Å². The molecule has 0 radical (unpaired) electrons. The van der Waals surface area contributed by atoms with E-state index in [1.165, 1.54) is 23.0 Å². The zero-order valence-corrected chi connectivity index (χ0v) is 10.9. The SMILES string of the molecule is COc1cccc(CC[CH2][Mg][Br])c1. The fourth-order valence-corrected chi connectivity index (χ4v) is 2.88. The molecular weight excluding hydrogens is 240 g/mol. The summed E-state index contributed by atoms with van der Waals surface area (Å²) in [6.45, 7) is 0. The first-order valence-electron chi connectivity index (χ1n) is 4.55. The van der Waals surface area contributed by atoms with Crippen molar-refractivity contribution in [3.63, 3.8) is 0 Å². The van der Waals surface area contributed by atoms with Gasteiger partial charge >= 0.3 is 18.2 Å². The molecule has 13 heavy (non-hydrogen) atoms. The van der Waals surface area contributed by atoms with Gasteiger partial charge in [0.2, 0.25) is 0 Å². The summed E-state index contributed by atoms with van der Waals surface area (Å²) in [5.74, 6) is 0.966. The summed E-state index contributed by atoms with van der Waals surface area (Å²) in [6, 6.07) is 8.33. The van der Waals surface area contributed by atoms with Gasteiger partial charge in [-0.15, -0.1) is 4.55 Å². The van der Waals surface area contributed by atoms with Gasteiger partial charge in [-0.05, 0) is 24.1 Å². The molecule has 0 N–H and O–H groups in total. The molecule has 0 aliphatic carbocycles. The number of benzene rings is 1. The molecule has 1 nitrogen and oxygen atoms in total. The van der Waals surface area contributed by atoms with Crippen molar-refractivity contribution >= 4 is 31.1 Å². The molecule has 0 amide bonds. The van der Waals surface area contributed by atoms with Gasteiger partial charge in [-0.1, -0.05) is 18.6 Å². The summed E-state index contributed by atoms with van der Waals surface area (Å²) in [6.07, 6.45) is 2.47. The molecule has 1 aromatic carbocycles. The standard InChI is InChI=1S/C10H13O.BrH.Mg/c1-3-5-9-6-4-7-10(8-9)11-2;;/h4,6-8H,1,3,5H2,2H3;1H;/q;;+1/p-1. The second kappa shape index (κ2) is 6.68. The third kappa shape index (κ3) is 4.34. The molecule has 0 saturated heterocycles.